The molecule has 21 heteroatoms. The fraction of sp³-hybridized carbons (Fsp3) is 0.333. The van der Waals surface area contributed by atoms with Crippen LogP contribution in [-0.2, 0) is 21.4 Å². The van der Waals surface area contributed by atoms with Gasteiger partial charge in [-0.15, -0.1) is 0 Å². The van der Waals surface area contributed by atoms with E-state index in [9.17, 15) is 38.4 Å². The van der Waals surface area contributed by atoms with Crippen LogP contribution in [0.15, 0.2) is 71.8 Å². The van der Waals surface area contributed by atoms with Gasteiger partial charge in [0.2, 0.25) is 17.7 Å². The second kappa shape index (κ2) is 20.1. The van der Waals surface area contributed by atoms with Crippen molar-refractivity contribution in [1.82, 2.24) is 40.0 Å². The van der Waals surface area contributed by atoms with Crippen molar-refractivity contribution in [2.45, 2.75) is 70.5 Å². The van der Waals surface area contributed by atoms with E-state index in [4.69, 9.17) is 37.7 Å². The van der Waals surface area contributed by atoms with Gasteiger partial charge in [0.25, 0.3) is 35.1 Å². The summed E-state index contributed by atoms with van der Waals surface area (Å²) in [5.74, 6) is -3.04. The maximum Gasteiger partial charge on any atom is 0.279 e. The van der Waals surface area contributed by atoms with Crippen molar-refractivity contribution < 1.29 is 43.0 Å². The maximum absolute atomic E-state index is 14.5. The Hall–Kier alpha value is -7.38. The van der Waals surface area contributed by atoms with Crippen LogP contribution in [0, 0.1) is 0 Å². The molecule has 2 atom stereocenters. The first-order valence-corrected chi connectivity index (χ1v) is 23.0. The van der Waals surface area contributed by atoms with Crippen molar-refractivity contribution in [3.63, 3.8) is 0 Å². The van der Waals surface area contributed by atoms with Crippen LogP contribution in [0.3, 0.4) is 0 Å². The fourth-order valence-corrected chi connectivity index (χ4v) is 9.11. The number of carbonyl (C=O) groups excluding carboxylic acids is 7. The van der Waals surface area contributed by atoms with Gasteiger partial charge < -0.3 is 29.2 Å². The number of aromatic nitrogens is 4. The zero-order valence-electron chi connectivity index (χ0n) is 38.0. The number of nitrogens with zero attached hydrogens (tertiary/aromatic N) is 6. The van der Waals surface area contributed by atoms with E-state index in [-0.39, 0.29) is 82.0 Å². The Bertz CT molecular complexity index is 2990. The van der Waals surface area contributed by atoms with Crippen molar-refractivity contribution in [2.24, 2.45) is 7.05 Å². The number of halogens is 2. The predicted octanol–water partition coefficient (Wildman–Crippen LogP) is 5.18. The predicted molar refractivity (Wildman–Crippen MR) is 252 cm³/mol. The number of piperidine rings is 1. The molecule has 0 spiro atoms. The Labute approximate surface area is 405 Å². The third-order valence-corrected chi connectivity index (χ3v) is 12.5. The molecule has 0 saturated carbocycles. The van der Waals surface area contributed by atoms with Gasteiger partial charge in [0.05, 0.1) is 40.1 Å². The van der Waals surface area contributed by atoms with Crippen molar-refractivity contribution in [3.05, 3.63) is 121 Å². The zero-order chi connectivity index (χ0) is 49.3. The van der Waals surface area contributed by atoms with Crippen LogP contribution >= 0.6 is 23.2 Å². The molecule has 0 bridgehead atoms. The molecule has 2 aromatic carbocycles. The highest BCUT2D eigenvalue weighted by atomic mass is 35.5. The number of hydrogen-bond acceptors (Lipinski definition) is 12. The monoisotopic (exact) mass is 979 g/mol. The molecule has 3 N–H and O–H groups in total. The van der Waals surface area contributed by atoms with E-state index in [2.05, 4.69) is 20.9 Å². The Balaban J connectivity index is 0.850. The van der Waals surface area contributed by atoms with E-state index in [1.165, 1.54) is 53.2 Å². The Morgan fingerprint density at radius 1 is 0.841 bits per heavy atom. The number of aryl methyl sites for hydroxylation is 1. The minimum absolute atomic E-state index is 0.00842. The van der Waals surface area contributed by atoms with Gasteiger partial charge in [-0.3, -0.25) is 53.5 Å². The summed E-state index contributed by atoms with van der Waals surface area (Å²) in [6.45, 7) is 4.28. The molecule has 3 aliphatic rings. The molecule has 0 radical (unpaired) electrons. The Morgan fingerprint density at radius 3 is 2.25 bits per heavy atom. The summed E-state index contributed by atoms with van der Waals surface area (Å²) in [6, 6.07) is 12.1. The summed E-state index contributed by atoms with van der Waals surface area (Å²) in [7, 11) is 3.01. The first-order chi connectivity index (χ1) is 33.1. The molecule has 19 nitrogen and oxygen atoms in total. The van der Waals surface area contributed by atoms with Crippen molar-refractivity contribution >= 4 is 70.2 Å². The average molecular weight is 981 g/mol. The number of anilines is 1. The lowest BCUT2D eigenvalue weighted by molar-refractivity contribution is -0.136. The first-order valence-electron chi connectivity index (χ1n) is 22.2. The third kappa shape index (κ3) is 9.56. The molecule has 7 amide bonds. The van der Waals surface area contributed by atoms with Gasteiger partial charge in [0, 0.05) is 50.0 Å². The maximum atomic E-state index is 14.5. The minimum Gasteiger partial charge on any atom is -0.484 e. The number of ether oxygens (including phenoxy) is 2. The molecule has 1 unspecified atom stereocenters. The lowest BCUT2D eigenvalue weighted by atomic mass is 10.0. The van der Waals surface area contributed by atoms with E-state index in [1.807, 2.05) is 18.4 Å². The topological polar surface area (TPSA) is 233 Å². The molecule has 6 heterocycles. The number of pyridine rings is 2. The number of imidazole rings is 1. The van der Waals surface area contributed by atoms with Crippen LogP contribution in [-0.4, -0.2) is 98.2 Å². The molecule has 1 saturated heterocycles. The second-order valence-electron chi connectivity index (χ2n) is 17.0. The summed E-state index contributed by atoms with van der Waals surface area (Å²) in [4.78, 5) is 116. The lowest BCUT2D eigenvalue weighted by Gasteiger charge is -2.28. The van der Waals surface area contributed by atoms with E-state index < -0.39 is 47.2 Å². The first kappa shape index (κ1) is 48.1. The number of rotatable bonds is 17. The molecular weight excluding hydrogens is 933 g/mol. The molecule has 3 aromatic heterocycles. The quantitative estimate of drug-likeness (QED) is 0.0809. The van der Waals surface area contributed by atoms with Crippen LogP contribution < -0.4 is 35.9 Å². The molecule has 358 valence electrons. The Morgan fingerprint density at radius 2 is 1.55 bits per heavy atom. The van der Waals surface area contributed by atoms with Gasteiger partial charge in [0.1, 0.15) is 29.3 Å². The Kier molecular flexibility index (Phi) is 14.0. The van der Waals surface area contributed by atoms with Crippen LogP contribution in [0.25, 0.3) is 11.4 Å². The molecule has 69 heavy (non-hydrogen) atoms. The van der Waals surface area contributed by atoms with Crippen LogP contribution in [0.2, 0.25) is 10.0 Å². The highest BCUT2D eigenvalue weighted by Crippen LogP contribution is 2.45. The van der Waals surface area contributed by atoms with Gasteiger partial charge >= 0.3 is 0 Å². The molecule has 0 aliphatic carbocycles. The van der Waals surface area contributed by atoms with Gasteiger partial charge in [-0.2, -0.15) is 0 Å². The van der Waals surface area contributed by atoms with E-state index in [0.29, 0.717) is 53.6 Å². The van der Waals surface area contributed by atoms with Crippen LogP contribution in [0.1, 0.15) is 117 Å². The number of hydrogen-bond donors (Lipinski definition) is 3. The van der Waals surface area contributed by atoms with Crippen molar-refractivity contribution in [2.75, 3.05) is 31.7 Å². The van der Waals surface area contributed by atoms with Crippen molar-refractivity contribution in [1.29, 1.82) is 0 Å². The second-order valence-corrected chi connectivity index (χ2v) is 17.8. The van der Waals surface area contributed by atoms with E-state index in [1.54, 1.807) is 37.4 Å². The lowest BCUT2D eigenvalue weighted by Crippen LogP contribution is -2.54. The average Bonchev–Trinajstić information content (AvgIpc) is 3.93. The van der Waals surface area contributed by atoms with Gasteiger partial charge in [-0.25, -0.2) is 9.97 Å². The number of benzene rings is 2. The molecule has 1 fully saturated rings. The smallest absolute Gasteiger partial charge is 0.279 e. The summed E-state index contributed by atoms with van der Waals surface area (Å²) in [6.07, 6.45) is 5.76. The number of unbranched alkanes of at least 4 members (excludes halogenated alkanes) is 3. The van der Waals surface area contributed by atoms with Gasteiger partial charge in [-0.1, -0.05) is 48.2 Å². The van der Waals surface area contributed by atoms with Gasteiger partial charge in [0.15, 0.2) is 12.3 Å². The highest BCUT2D eigenvalue weighted by Gasteiger charge is 2.47. The number of amides is 7. The number of fused-ring (bicyclic) bond motifs is 2. The number of carbonyl (C=O) groups is 7. The standard InChI is InChI=1S/C48H47Cl2N9O10/c1-25(2)57-40-38(48(67)58(35-20-29(50)23-56(3)47(35)66)39(40)26-9-11-28(49)12-10-26)55-41(57)33-19-27(22-53-44(33)68-4)42(62)52-18-8-6-5-7-17-51-37(61)24-69-30-13-14-31-32(21-30)46(65)59(45(31)64)34-15-16-36(60)54-43(34)63/h9-14,19-23,25,34,39H,5-8,15-18,24H2,1-4H3,(H,51,61)(H,52,62)(H,54,60,63)/t34?,39-/m0/s1. The summed E-state index contributed by atoms with van der Waals surface area (Å²) < 4.78 is 14.5. The number of nitrogens with one attached hydrogen (secondary N) is 3. The fourth-order valence-electron chi connectivity index (χ4n) is 8.73. The normalized spacial score (nSPS) is 16.5. The summed E-state index contributed by atoms with van der Waals surface area (Å²) >= 11 is 12.7. The number of methoxy groups -OCH3 is 1. The number of imide groups is 2. The molecule has 8 rings (SSSR count). The molecule has 3 aliphatic heterocycles. The van der Waals surface area contributed by atoms with Crippen molar-refractivity contribution in [3.8, 4) is 23.0 Å². The highest BCUT2D eigenvalue weighted by molar-refractivity contribution is 6.31. The zero-order valence-corrected chi connectivity index (χ0v) is 39.5. The van der Waals surface area contributed by atoms with E-state index >= 15 is 0 Å². The van der Waals surface area contributed by atoms with Gasteiger partial charge in [-0.05, 0) is 81.1 Å². The minimum atomic E-state index is -1.09. The molecule has 5 aromatic rings. The third-order valence-electron chi connectivity index (χ3n) is 12.0. The van der Waals surface area contributed by atoms with E-state index in [0.717, 1.165) is 17.7 Å². The van der Waals surface area contributed by atoms with Crippen LogP contribution in [0.5, 0.6) is 11.6 Å². The SMILES string of the molecule is COc1ncc(C(=O)NCCCCCCNC(=O)COc2ccc3c(c2)C(=O)N(C2CCC(=O)NC2=O)C3=O)cc1-c1nc2c(n1C(C)C)[C@H](c1ccc(Cl)cc1)N(c1cc(Cl)cn(C)c1=O)C2=O. The summed E-state index contributed by atoms with van der Waals surface area (Å²) in [5, 5.41) is 8.64. The summed E-state index contributed by atoms with van der Waals surface area (Å²) in [5.41, 5.74) is 1.74. The van der Waals surface area contributed by atoms with Crippen LogP contribution in [0.4, 0.5) is 5.69 Å². The largest absolute Gasteiger partial charge is 0.484 e. The molecular formula is C48H47Cl2N9O10.